The summed E-state index contributed by atoms with van der Waals surface area (Å²) in [6.07, 6.45) is 3.55. The number of nitrogens with one attached hydrogen (secondary N) is 2. The minimum Gasteiger partial charge on any atom is -0.352 e. The van der Waals surface area contributed by atoms with E-state index in [1.165, 1.54) is 6.33 Å². The van der Waals surface area contributed by atoms with Crippen LogP contribution in [0.15, 0.2) is 24.7 Å². The number of amides is 1. The summed E-state index contributed by atoms with van der Waals surface area (Å²) in [6, 6.07) is 1.61. The first kappa shape index (κ1) is 13.1. The third kappa shape index (κ3) is 2.93. The second-order valence-corrected chi connectivity index (χ2v) is 3.81. The first-order valence-corrected chi connectivity index (χ1v) is 5.48. The number of nitrogens with zero attached hydrogens (tertiary/aromatic N) is 1. The lowest BCUT2D eigenvalue weighted by Gasteiger charge is -2.06. The molecule has 19 heavy (non-hydrogen) atoms. The van der Waals surface area contributed by atoms with Crippen molar-refractivity contribution in [2.75, 3.05) is 6.54 Å². The van der Waals surface area contributed by atoms with Crippen molar-refractivity contribution in [2.45, 2.75) is 6.42 Å². The van der Waals surface area contributed by atoms with Crippen LogP contribution in [0.3, 0.4) is 0 Å². The Morgan fingerprint density at radius 3 is 2.74 bits per heavy atom. The fraction of sp³-hybridized carbons (Fsp3) is 0.167. The highest BCUT2D eigenvalue weighted by atomic mass is 19.2. The molecule has 0 aliphatic carbocycles. The average Bonchev–Trinajstić information content (AvgIpc) is 2.89. The molecule has 0 fully saturated rings. The molecule has 1 amide bonds. The van der Waals surface area contributed by atoms with E-state index in [9.17, 15) is 18.0 Å². The Kier molecular flexibility index (Phi) is 3.84. The van der Waals surface area contributed by atoms with E-state index in [0.717, 1.165) is 11.8 Å². The first-order chi connectivity index (χ1) is 9.09. The van der Waals surface area contributed by atoms with Crippen LogP contribution in [-0.2, 0) is 6.42 Å². The summed E-state index contributed by atoms with van der Waals surface area (Å²) in [5.74, 6) is -5.26. The predicted molar refractivity (Wildman–Crippen MR) is 60.9 cm³/mol. The molecule has 0 atom stereocenters. The van der Waals surface area contributed by atoms with Gasteiger partial charge in [0.25, 0.3) is 5.91 Å². The van der Waals surface area contributed by atoms with E-state index < -0.39 is 28.9 Å². The zero-order chi connectivity index (χ0) is 13.8. The molecule has 100 valence electrons. The Hall–Kier alpha value is -2.31. The Balaban J connectivity index is 1.98. The van der Waals surface area contributed by atoms with Crippen LogP contribution in [0.5, 0.6) is 0 Å². The maximum absolute atomic E-state index is 13.3. The van der Waals surface area contributed by atoms with Gasteiger partial charge in [0.05, 0.1) is 11.9 Å². The Bertz CT molecular complexity index is 584. The summed E-state index contributed by atoms with van der Waals surface area (Å²) in [5, 5.41) is 2.41. The number of halogens is 3. The molecule has 1 aromatic carbocycles. The van der Waals surface area contributed by atoms with Crippen molar-refractivity contribution in [3.63, 3.8) is 0 Å². The van der Waals surface area contributed by atoms with Gasteiger partial charge in [-0.25, -0.2) is 18.2 Å². The van der Waals surface area contributed by atoms with Crippen molar-refractivity contribution in [3.8, 4) is 0 Å². The molecule has 1 aromatic heterocycles. The SMILES string of the molecule is O=C(NCCc1cnc[nH]1)c1ccc(F)c(F)c1F. The Labute approximate surface area is 106 Å². The molecular formula is C12H10F3N3O. The summed E-state index contributed by atoms with van der Waals surface area (Å²) in [7, 11) is 0. The Morgan fingerprint density at radius 2 is 2.05 bits per heavy atom. The molecular weight excluding hydrogens is 259 g/mol. The molecule has 4 nitrogen and oxygen atoms in total. The van der Waals surface area contributed by atoms with E-state index in [0.29, 0.717) is 12.5 Å². The number of carbonyl (C=O) groups is 1. The van der Waals surface area contributed by atoms with Gasteiger partial charge in [-0.15, -0.1) is 0 Å². The number of aromatic nitrogens is 2. The first-order valence-electron chi connectivity index (χ1n) is 5.48. The van der Waals surface area contributed by atoms with Crippen LogP contribution < -0.4 is 5.32 Å². The van der Waals surface area contributed by atoms with E-state index in [1.54, 1.807) is 6.20 Å². The molecule has 0 saturated carbocycles. The number of aromatic amines is 1. The van der Waals surface area contributed by atoms with Crippen LogP contribution in [0.2, 0.25) is 0 Å². The second-order valence-electron chi connectivity index (χ2n) is 3.81. The molecule has 0 bridgehead atoms. The quantitative estimate of drug-likeness (QED) is 0.831. The Morgan fingerprint density at radius 1 is 1.26 bits per heavy atom. The summed E-state index contributed by atoms with van der Waals surface area (Å²) in [5.41, 5.74) is 0.273. The van der Waals surface area contributed by atoms with E-state index in [1.807, 2.05) is 0 Å². The normalized spacial score (nSPS) is 10.5. The second kappa shape index (κ2) is 5.55. The average molecular weight is 269 g/mol. The highest BCUT2D eigenvalue weighted by Crippen LogP contribution is 2.14. The van der Waals surface area contributed by atoms with Crippen molar-refractivity contribution in [1.82, 2.24) is 15.3 Å². The number of hydrogen-bond acceptors (Lipinski definition) is 2. The van der Waals surface area contributed by atoms with Crippen LogP contribution in [0.1, 0.15) is 16.1 Å². The van der Waals surface area contributed by atoms with Crippen molar-refractivity contribution < 1.29 is 18.0 Å². The topological polar surface area (TPSA) is 57.8 Å². The minimum absolute atomic E-state index is 0.222. The molecule has 7 heteroatoms. The number of benzene rings is 1. The molecule has 2 aromatic rings. The molecule has 0 saturated heterocycles. The third-order valence-electron chi connectivity index (χ3n) is 2.51. The van der Waals surface area contributed by atoms with Gasteiger partial charge in [-0.3, -0.25) is 4.79 Å². The van der Waals surface area contributed by atoms with Gasteiger partial charge in [-0.05, 0) is 12.1 Å². The predicted octanol–water partition coefficient (Wildman–Crippen LogP) is 1.80. The van der Waals surface area contributed by atoms with Crippen molar-refractivity contribution in [1.29, 1.82) is 0 Å². The smallest absolute Gasteiger partial charge is 0.254 e. The molecule has 0 aliphatic rings. The zero-order valence-electron chi connectivity index (χ0n) is 9.71. The van der Waals surface area contributed by atoms with Gasteiger partial charge in [0.15, 0.2) is 17.5 Å². The lowest BCUT2D eigenvalue weighted by atomic mass is 10.2. The highest BCUT2D eigenvalue weighted by Gasteiger charge is 2.18. The summed E-state index contributed by atoms with van der Waals surface area (Å²) in [6.45, 7) is 0.222. The summed E-state index contributed by atoms with van der Waals surface area (Å²) < 4.78 is 39.0. The van der Waals surface area contributed by atoms with Crippen molar-refractivity contribution in [2.24, 2.45) is 0 Å². The lowest BCUT2D eigenvalue weighted by Crippen LogP contribution is -2.27. The maximum atomic E-state index is 13.3. The van der Waals surface area contributed by atoms with E-state index in [-0.39, 0.29) is 6.54 Å². The molecule has 0 radical (unpaired) electrons. The van der Waals surface area contributed by atoms with Gasteiger partial charge >= 0.3 is 0 Å². The van der Waals surface area contributed by atoms with E-state index in [2.05, 4.69) is 15.3 Å². The molecule has 0 spiro atoms. The third-order valence-corrected chi connectivity index (χ3v) is 2.51. The molecule has 1 heterocycles. The van der Waals surface area contributed by atoms with Gasteiger partial charge in [0, 0.05) is 24.9 Å². The molecule has 2 N–H and O–H groups in total. The van der Waals surface area contributed by atoms with Crippen LogP contribution in [0.25, 0.3) is 0 Å². The number of hydrogen-bond donors (Lipinski definition) is 2. The minimum atomic E-state index is -1.65. The van der Waals surface area contributed by atoms with Crippen molar-refractivity contribution in [3.05, 3.63) is 53.4 Å². The highest BCUT2D eigenvalue weighted by molar-refractivity contribution is 5.94. The molecule has 2 rings (SSSR count). The van der Waals surface area contributed by atoms with Gasteiger partial charge in [0.1, 0.15) is 0 Å². The fourth-order valence-electron chi connectivity index (χ4n) is 1.53. The van der Waals surface area contributed by atoms with Gasteiger partial charge < -0.3 is 10.3 Å². The maximum Gasteiger partial charge on any atom is 0.254 e. The van der Waals surface area contributed by atoms with Gasteiger partial charge in [0.2, 0.25) is 0 Å². The zero-order valence-corrected chi connectivity index (χ0v) is 9.71. The standard InChI is InChI=1S/C12H10F3N3O/c13-9-2-1-8(10(14)11(9)15)12(19)17-4-3-7-5-16-6-18-7/h1-2,5-6H,3-4H2,(H,16,18)(H,17,19). The fourth-order valence-corrected chi connectivity index (χ4v) is 1.53. The number of carbonyl (C=O) groups excluding carboxylic acids is 1. The van der Waals surface area contributed by atoms with Crippen LogP contribution in [0.4, 0.5) is 13.2 Å². The largest absolute Gasteiger partial charge is 0.352 e. The van der Waals surface area contributed by atoms with Gasteiger partial charge in [-0.1, -0.05) is 0 Å². The van der Waals surface area contributed by atoms with Crippen LogP contribution in [0, 0.1) is 17.5 Å². The van der Waals surface area contributed by atoms with Gasteiger partial charge in [-0.2, -0.15) is 0 Å². The monoisotopic (exact) mass is 269 g/mol. The summed E-state index contributed by atoms with van der Waals surface area (Å²) >= 11 is 0. The van der Waals surface area contributed by atoms with E-state index >= 15 is 0 Å². The summed E-state index contributed by atoms with van der Waals surface area (Å²) in [4.78, 5) is 18.2. The van der Waals surface area contributed by atoms with Crippen LogP contribution in [-0.4, -0.2) is 22.4 Å². The lowest BCUT2D eigenvalue weighted by molar-refractivity contribution is 0.0948. The van der Waals surface area contributed by atoms with E-state index in [4.69, 9.17) is 0 Å². The van der Waals surface area contributed by atoms with Crippen LogP contribution >= 0.6 is 0 Å². The number of H-pyrrole nitrogens is 1. The van der Waals surface area contributed by atoms with Crippen molar-refractivity contribution >= 4 is 5.91 Å². The number of rotatable bonds is 4. The molecule has 0 aliphatic heterocycles. The molecule has 0 unspecified atom stereocenters. The number of imidazole rings is 1.